The molecule has 5 aromatic heterocycles. The summed E-state index contributed by atoms with van der Waals surface area (Å²) in [5.41, 5.74) is 2.54. The quantitative estimate of drug-likeness (QED) is 0.116. The van der Waals surface area contributed by atoms with Crippen LogP contribution in [0.1, 0.15) is 11.1 Å². The van der Waals surface area contributed by atoms with Gasteiger partial charge >= 0.3 is 11.7 Å². The van der Waals surface area contributed by atoms with Crippen molar-refractivity contribution in [2.24, 2.45) is 9.98 Å². The molecule has 5 heterocycles. The van der Waals surface area contributed by atoms with E-state index >= 15 is 0 Å². The van der Waals surface area contributed by atoms with Gasteiger partial charge < -0.3 is 9.69 Å². The Morgan fingerprint density at radius 3 is 1.82 bits per heavy atom. The van der Waals surface area contributed by atoms with Gasteiger partial charge in [0.25, 0.3) is 0 Å². The molecule has 1 aromatic carbocycles. The fourth-order valence-corrected chi connectivity index (χ4v) is 10.2. The third-order valence-corrected chi connectivity index (χ3v) is 12.2. The molecule has 0 aliphatic heterocycles. The first-order valence-electron chi connectivity index (χ1n) is 11.3. The van der Waals surface area contributed by atoms with Crippen molar-refractivity contribution in [3.05, 3.63) is 70.4 Å². The highest BCUT2D eigenvalue weighted by atomic mass is 32.1. The number of rotatable bonds is 4. The van der Waals surface area contributed by atoms with Crippen LogP contribution in [0, 0.1) is 49.7 Å². The van der Waals surface area contributed by atoms with Crippen LogP contribution < -0.4 is 0 Å². The van der Waals surface area contributed by atoms with Gasteiger partial charge in [-0.1, -0.05) is 45.8 Å². The first-order valence-corrected chi connectivity index (χ1v) is 15.3. The Bertz CT molecular complexity index is 2170. The summed E-state index contributed by atoms with van der Waals surface area (Å²) in [6, 6.07) is 15.8. The van der Waals surface area contributed by atoms with Gasteiger partial charge in [0.2, 0.25) is 10.0 Å². The smallest absolute Gasteiger partial charge is 0.350 e. The van der Waals surface area contributed by atoms with Gasteiger partial charge in [0.1, 0.15) is 12.1 Å². The molecule has 11 heteroatoms. The SMILES string of the molecule is [C-]#[N+]C(C#N)=Nc1ccc(-c2cc3c(C)c4sc5cc(-c6ccc(N=C(C#N)[N+]#[C-])s6)sc5c4c(C)c3s2)s1. The second-order valence-electron chi connectivity index (χ2n) is 8.31. The minimum atomic E-state index is -0.159. The number of aliphatic imine (C=N–C) groups is 2. The van der Waals surface area contributed by atoms with Crippen LogP contribution in [-0.2, 0) is 0 Å². The number of aryl methyl sites for hydroxylation is 2. The highest BCUT2D eigenvalue weighted by molar-refractivity contribution is 7.35. The molecule has 0 amide bonds. The molecule has 6 nitrogen and oxygen atoms in total. The van der Waals surface area contributed by atoms with Crippen molar-refractivity contribution in [1.29, 1.82) is 10.5 Å². The monoisotopic (exact) mass is 592 g/mol. The fourth-order valence-electron chi connectivity index (χ4n) is 4.32. The van der Waals surface area contributed by atoms with Crippen LogP contribution >= 0.6 is 56.7 Å². The Hall–Kier alpha value is -4.20. The van der Waals surface area contributed by atoms with Crippen LogP contribution in [0.4, 0.5) is 10.0 Å². The van der Waals surface area contributed by atoms with E-state index in [9.17, 15) is 0 Å². The molecule has 184 valence electrons. The maximum atomic E-state index is 9.02. The third-order valence-electron chi connectivity index (χ3n) is 6.07. The highest BCUT2D eigenvalue weighted by Gasteiger charge is 2.20. The molecule has 0 radical (unpaired) electrons. The van der Waals surface area contributed by atoms with Crippen molar-refractivity contribution in [3.63, 3.8) is 0 Å². The number of hydrogen-bond donors (Lipinski definition) is 0. The Balaban J connectivity index is 1.44. The maximum absolute atomic E-state index is 9.02. The minimum Gasteiger partial charge on any atom is -0.351 e. The average molecular weight is 593 g/mol. The van der Waals surface area contributed by atoms with Crippen LogP contribution in [0.25, 0.3) is 58.8 Å². The van der Waals surface area contributed by atoms with Crippen LogP contribution in [-0.4, -0.2) is 11.7 Å². The molecular weight excluding hydrogens is 581 g/mol. The summed E-state index contributed by atoms with van der Waals surface area (Å²) < 4.78 is 5.09. The zero-order valence-electron chi connectivity index (χ0n) is 20.2. The van der Waals surface area contributed by atoms with E-state index in [1.807, 2.05) is 47.7 Å². The number of nitriles is 2. The standard InChI is InChI=1S/C28H12N6S5/c1-13-15-9-18(16-5-7-23(35-16)33-21(11-29)31-3)37-26(15)14(2)25-27(13)39-20-10-19(38-28(20)25)17-6-8-24(36-17)34-22(12-30)32-4/h5-10H,1-2H3. The van der Waals surface area contributed by atoms with Crippen LogP contribution in [0.2, 0.25) is 0 Å². The molecule has 0 N–H and O–H groups in total. The van der Waals surface area contributed by atoms with Gasteiger partial charge in [-0.3, -0.25) is 0 Å². The largest absolute Gasteiger partial charge is 0.351 e. The number of nitrogens with zero attached hydrogens (tertiary/aromatic N) is 6. The second-order valence-corrected chi connectivity index (χ2v) is 13.6. The van der Waals surface area contributed by atoms with E-state index in [-0.39, 0.29) is 11.7 Å². The molecule has 0 atom stereocenters. The zero-order valence-corrected chi connectivity index (χ0v) is 24.3. The van der Waals surface area contributed by atoms with Crippen molar-refractivity contribution >= 4 is 108 Å². The molecule has 39 heavy (non-hydrogen) atoms. The molecule has 0 aliphatic rings. The summed E-state index contributed by atoms with van der Waals surface area (Å²) in [4.78, 5) is 19.0. The third kappa shape index (κ3) is 4.24. The van der Waals surface area contributed by atoms with E-state index in [1.54, 1.807) is 22.7 Å². The lowest BCUT2D eigenvalue weighted by atomic mass is 10.0. The molecule has 0 unspecified atom stereocenters. The van der Waals surface area contributed by atoms with E-state index in [0.29, 0.717) is 10.0 Å². The average Bonchev–Trinajstić information content (AvgIpc) is 3.75. The van der Waals surface area contributed by atoms with Gasteiger partial charge in [0, 0.05) is 39.0 Å². The van der Waals surface area contributed by atoms with Crippen molar-refractivity contribution in [2.75, 3.05) is 0 Å². The summed E-state index contributed by atoms with van der Waals surface area (Å²) in [6.07, 6.45) is 0. The topological polar surface area (TPSA) is 81.0 Å². The van der Waals surface area contributed by atoms with Crippen LogP contribution in [0.15, 0.2) is 46.4 Å². The van der Waals surface area contributed by atoms with Gasteiger partial charge in [-0.15, -0.1) is 34.0 Å². The van der Waals surface area contributed by atoms with Crippen molar-refractivity contribution in [2.45, 2.75) is 13.8 Å². The molecule has 0 saturated carbocycles. The molecule has 0 bridgehead atoms. The van der Waals surface area contributed by atoms with Gasteiger partial charge in [0.15, 0.2) is 0 Å². The number of benzene rings is 1. The van der Waals surface area contributed by atoms with Gasteiger partial charge in [-0.25, -0.2) is 10.5 Å². The number of amidine groups is 2. The Morgan fingerprint density at radius 2 is 1.26 bits per heavy atom. The normalized spacial score (nSPS) is 12.1. The lowest BCUT2D eigenvalue weighted by Gasteiger charge is -2.04. The van der Waals surface area contributed by atoms with Gasteiger partial charge in [-0.2, -0.15) is 0 Å². The summed E-state index contributed by atoms with van der Waals surface area (Å²) in [5.74, 6) is -0.318. The first kappa shape index (κ1) is 25.1. The Morgan fingerprint density at radius 1 is 0.692 bits per heavy atom. The fraction of sp³-hybridized carbons (Fsp3) is 0.0714. The van der Waals surface area contributed by atoms with E-state index in [2.05, 4.69) is 45.7 Å². The molecular formula is C28H12N6S5. The van der Waals surface area contributed by atoms with Gasteiger partial charge in [-0.05, 0) is 66.8 Å². The summed E-state index contributed by atoms with van der Waals surface area (Å²) in [6.45, 7) is 18.5. The summed E-state index contributed by atoms with van der Waals surface area (Å²) in [7, 11) is 0. The Labute approximate surface area is 242 Å². The Kier molecular flexibility index (Phi) is 6.33. The van der Waals surface area contributed by atoms with E-state index in [4.69, 9.17) is 23.7 Å². The summed E-state index contributed by atoms with van der Waals surface area (Å²) in [5, 5.41) is 21.9. The van der Waals surface area contributed by atoms with Gasteiger partial charge in [0.05, 0.1) is 4.70 Å². The van der Waals surface area contributed by atoms with E-state index in [1.165, 1.54) is 63.4 Å². The lowest BCUT2D eigenvalue weighted by Crippen LogP contribution is -1.80. The number of thiophene rings is 5. The lowest BCUT2D eigenvalue weighted by molar-refractivity contribution is 1.53. The van der Waals surface area contributed by atoms with E-state index in [0.717, 1.165) is 19.5 Å². The predicted molar refractivity (Wildman–Crippen MR) is 167 cm³/mol. The van der Waals surface area contributed by atoms with Crippen molar-refractivity contribution < 1.29 is 0 Å². The zero-order chi connectivity index (χ0) is 27.3. The van der Waals surface area contributed by atoms with Crippen LogP contribution in [0.3, 0.4) is 0 Å². The molecule has 6 rings (SSSR count). The molecule has 0 aliphatic carbocycles. The number of hydrogen-bond acceptors (Lipinski definition) is 9. The molecule has 6 aromatic rings. The summed E-state index contributed by atoms with van der Waals surface area (Å²) >= 11 is 8.30. The molecule has 0 spiro atoms. The van der Waals surface area contributed by atoms with Crippen molar-refractivity contribution in [1.82, 2.24) is 0 Å². The maximum Gasteiger partial charge on any atom is 0.350 e. The molecule has 0 fully saturated rings. The second kappa shape index (κ2) is 9.84. The first-order chi connectivity index (χ1) is 18.9. The van der Waals surface area contributed by atoms with Crippen LogP contribution in [0.5, 0.6) is 0 Å². The minimum absolute atomic E-state index is 0.159. The van der Waals surface area contributed by atoms with E-state index < -0.39 is 0 Å². The predicted octanol–water partition coefficient (Wildman–Crippen LogP) is 10.4. The highest BCUT2D eigenvalue weighted by Crippen LogP contribution is 2.51. The van der Waals surface area contributed by atoms with Crippen molar-refractivity contribution in [3.8, 4) is 31.6 Å². The number of fused-ring (bicyclic) bond motifs is 4. The molecule has 0 saturated heterocycles.